The number of hydrogen-bond donors (Lipinski definition) is 1. The van der Waals surface area contributed by atoms with Crippen LogP contribution in [0.15, 0.2) is 59.6 Å². The van der Waals surface area contributed by atoms with Crippen LogP contribution in [-0.4, -0.2) is 29.7 Å². The minimum Gasteiger partial charge on any atom is -0.316 e. The fraction of sp³-hybridized carbons (Fsp3) is 0.227. The summed E-state index contributed by atoms with van der Waals surface area (Å²) >= 11 is 0. The molecule has 1 aromatic heterocycles. The molecule has 4 heteroatoms. The van der Waals surface area contributed by atoms with Gasteiger partial charge in [0.05, 0.1) is 16.8 Å². The van der Waals surface area contributed by atoms with Crippen LogP contribution in [0.4, 0.5) is 0 Å². The Balaban J connectivity index is 1.89. The Hall–Kier alpha value is -2.85. The highest BCUT2D eigenvalue weighted by molar-refractivity contribution is 6.13. The second-order valence-electron chi connectivity index (χ2n) is 6.58. The average Bonchev–Trinajstić information content (AvgIpc) is 2.69. The zero-order valence-electron chi connectivity index (χ0n) is 14.8. The van der Waals surface area contributed by atoms with E-state index in [2.05, 4.69) is 10.3 Å². The Morgan fingerprint density at radius 3 is 2.46 bits per heavy atom. The molecule has 0 bridgehead atoms. The molecule has 1 fully saturated rings. The van der Waals surface area contributed by atoms with Gasteiger partial charge in [0.2, 0.25) is 0 Å². The zero-order valence-corrected chi connectivity index (χ0v) is 14.8. The number of aromatic nitrogens is 1. The number of nitrogens with zero attached hydrogens (tertiary/aromatic N) is 2. The summed E-state index contributed by atoms with van der Waals surface area (Å²) in [6, 6.07) is 17.8. The highest BCUT2D eigenvalue weighted by Crippen LogP contribution is 2.30. The second kappa shape index (κ2) is 7.18. The van der Waals surface area contributed by atoms with Crippen molar-refractivity contribution in [3.8, 4) is 11.3 Å². The number of hydrogen-bond acceptors (Lipinski definition) is 3. The van der Waals surface area contributed by atoms with Gasteiger partial charge in [-0.25, -0.2) is 9.98 Å². The second-order valence-corrected chi connectivity index (χ2v) is 6.58. The van der Waals surface area contributed by atoms with E-state index in [9.17, 15) is 4.79 Å². The molecule has 1 amide bonds. The molecule has 0 radical (unpaired) electrons. The van der Waals surface area contributed by atoms with Gasteiger partial charge in [0, 0.05) is 29.8 Å². The molecule has 0 atom stereocenters. The fourth-order valence-electron chi connectivity index (χ4n) is 3.49. The van der Waals surface area contributed by atoms with Crippen LogP contribution in [0, 0.1) is 6.92 Å². The number of rotatable bonds is 2. The number of pyridine rings is 1. The van der Waals surface area contributed by atoms with Crippen LogP contribution in [-0.2, 0) is 0 Å². The molecule has 1 N–H and O–H groups in total. The lowest BCUT2D eigenvalue weighted by Gasteiger charge is -2.15. The lowest BCUT2D eigenvalue weighted by atomic mass is 9.97. The van der Waals surface area contributed by atoms with Crippen molar-refractivity contribution in [1.82, 2.24) is 10.3 Å². The van der Waals surface area contributed by atoms with E-state index >= 15 is 0 Å². The maximum absolute atomic E-state index is 13.1. The first-order chi connectivity index (χ1) is 12.7. The molecule has 4 rings (SSSR count). The molecule has 130 valence electrons. The molecule has 2 aromatic carbocycles. The molecule has 26 heavy (non-hydrogen) atoms. The van der Waals surface area contributed by atoms with E-state index in [1.54, 1.807) is 0 Å². The topological polar surface area (TPSA) is 54.4 Å². The molecule has 2 heterocycles. The van der Waals surface area contributed by atoms with Crippen molar-refractivity contribution >= 4 is 22.5 Å². The van der Waals surface area contributed by atoms with E-state index in [4.69, 9.17) is 4.98 Å². The predicted octanol–water partition coefficient (Wildman–Crippen LogP) is 4.17. The number of amides is 1. The molecule has 0 saturated carbocycles. The van der Waals surface area contributed by atoms with E-state index in [0.29, 0.717) is 5.56 Å². The van der Waals surface area contributed by atoms with Crippen molar-refractivity contribution in [2.45, 2.75) is 19.8 Å². The first-order valence-electron chi connectivity index (χ1n) is 9.00. The van der Waals surface area contributed by atoms with Gasteiger partial charge in [-0.05, 0) is 31.4 Å². The smallest absolute Gasteiger partial charge is 0.277 e. The number of carbonyl (C=O) groups is 1. The van der Waals surface area contributed by atoms with E-state index in [1.165, 1.54) is 0 Å². The number of carbonyl (C=O) groups excluding carboxylic acids is 1. The van der Waals surface area contributed by atoms with Crippen molar-refractivity contribution in [3.63, 3.8) is 0 Å². The van der Waals surface area contributed by atoms with Crippen LogP contribution in [0.5, 0.6) is 0 Å². The predicted molar refractivity (Wildman–Crippen MR) is 106 cm³/mol. The molecule has 3 aromatic rings. The lowest BCUT2D eigenvalue weighted by Crippen LogP contribution is -2.28. The number of fused-ring (bicyclic) bond motifs is 1. The Morgan fingerprint density at radius 2 is 1.69 bits per heavy atom. The number of para-hydroxylation sites is 1. The minimum absolute atomic E-state index is 0.157. The van der Waals surface area contributed by atoms with Gasteiger partial charge >= 0.3 is 0 Å². The Morgan fingerprint density at radius 1 is 1.00 bits per heavy atom. The van der Waals surface area contributed by atoms with Gasteiger partial charge in [0.1, 0.15) is 0 Å². The number of aliphatic imine (C=N–C) groups is 1. The molecular weight excluding hydrogens is 322 g/mol. The first-order valence-corrected chi connectivity index (χ1v) is 9.00. The third kappa shape index (κ3) is 3.16. The lowest BCUT2D eigenvalue weighted by molar-refractivity contribution is 0.100. The van der Waals surface area contributed by atoms with Gasteiger partial charge in [-0.2, -0.15) is 0 Å². The van der Waals surface area contributed by atoms with Gasteiger partial charge in [0.25, 0.3) is 5.91 Å². The van der Waals surface area contributed by atoms with Crippen molar-refractivity contribution in [3.05, 3.63) is 65.7 Å². The first kappa shape index (κ1) is 16.6. The van der Waals surface area contributed by atoms with Crippen molar-refractivity contribution < 1.29 is 4.79 Å². The van der Waals surface area contributed by atoms with Gasteiger partial charge in [-0.3, -0.25) is 4.79 Å². The van der Waals surface area contributed by atoms with Gasteiger partial charge in [-0.1, -0.05) is 48.5 Å². The molecular formula is C22H21N3O. The van der Waals surface area contributed by atoms with Crippen LogP contribution in [0.25, 0.3) is 22.2 Å². The van der Waals surface area contributed by atoms with E-state index in [0.717, 1.165) is 59.4 Å². The summed E-state index contributed by atoms with van der Waals surface area (Å²) in [5.41, 5.74) is 5.22. The van der Waals surface area contributed by atoms with Crippen molar-refractivity contribution in [2.24, 2.45) is 4.99 Å². The third-order valence-electron chi connectivity index (χ3n) is 4.84. The van der Waals surface area contributed by atoms with Gasteiger partial charge < -0.3 is 5.32 Å². The fourth-order valence-corrected chi connectivity index (χ4v) is 3.49. The number of benzene rings is 2. The summed E-state index contributed by atoms with van der Waals surface area (Å²) in [5.74, 6) is -0.157. The Labute approximate surface area is 153 Å². The summed E-state index contributed by atoms with van der Waals surface area (Å²) in [5, 5.41) is 4.17. The normalized spacial score (nSPS) is 14.4. The minimum atomic E-state index is -0.157. The zero-order chi connectivity index (χ0) is 17.9. The van der Waals surface area contributed by atoms with E-state index < -0.39 is 0 Å². The summed E-state index contributed by atoms with van der Waals surface area (Å²) in [6.07, 6.45) is 1.67. The molecule has 1 aliphatic heterocycles. The van der Waals surface area contributed by atoms with Crippen molar-refractivity contribution in [2.75, 3.05) is 13.1 Å². The van der Waals surface area contributed by atoms with E-state index in [-0.39, 0.29) is 5.91 Å². The highest BCUT2D eigenvalue weighted by Gasteiger charge is 2.19. The Bertz CT molecular complexity index is 985. The third-order valence-corrected chi connectivity index (χ3v) is 4.84. The SMILES string of the molecule is Cc1c(-c2ccccc2)nc2ccccc2c1C(=O)N=C1CCNCC1. The van der Waals surface area contributed by atoms with Crippen LogP contribution in [0.3, 0.4) is 0 Å². The summed E-state index contributed by atoms with van der Waals surface area (Å²) in [4.78, 5) is 22.4. The van der Waals surface area contributed by atoms with Crippen LogP contribution in [0.1, 0.15) is 28.8 Å². The molecule has 0 aliphatic carbocycles. The molecule has 4 nitrogen and oxygen atoms in total. The summed E-state index contributed by atoms with van der Waals surface area (Å²) < 4.78 is 0. The summed E-state index contributed by atoms with van der Waals surface area (Å²) in [7, 11) is 0. The van der Waals surface area contributed by atoms with Crippen LogP contribution < -0.4 is 5.32 Å². The molecule has 0 unspecified atom stereocenters. The maximum Gasteiger partial charge on any atom is 0.277 e. The number of nitrogens with one attached hydrogen (secondary N) is 1. The molecule has 1 aliphatic rings. The molecule has 1 saturated heterocycles. The standard InChI is InChI=1S/C22H21N3O/c1-15-20(22(26)24-17-11-13-23-14-12-17)18-9-5-6-10-19(18)25-21(15)16-7-3-2-4-8-16/h2-10,23H,11-14H2,1H3. The quantitative estimate of drug-likeness (QED) is 0.759. The summed E-state index contributed by atoms with van der Waals surface area (Å²) in [6.45, 7) is 3.74. The largest absolute Gasteiger partial charge is 0.316 e. The van der Waals surface area contributed by atoms with E-state index in [1.807, 2.05) is 61.5 Å². The van der Waals surface area contributed by atoms with Crippen molar-refractivity contribution in [1.29, 1.82) is 0 Å². The average molecular weight is 343 g/mol. The maximum atomic E-state index is 13.1. The Kier molecular flexibility index (Phi) is 4.59. The van der Waals surface area contributed by atoms with Gasteiger partial charge in [-0.15, -0.1) is 0 Å². The highest BCUT2D eigenvalue weighted by atomic mass is 16.1. The van der Waals surface area contributed by atoms with Crippen LogP contribution in [0.2, 0.25) is 0 Å². The number of piperidine rings is 1. The van der Waals surface area contributed by atoms with Crippen LogP contribution >= 0.6 is 0 Å². The van der Waals surface area contributed by atoms with Gasteiger partial charge in [0.15, 0.2) is 0 Å². The molecule has 0 spiro atoms. The monoisotopic (exact) mass is 343 g/mol.